The molecular weight excluding hydrogens is 520 g/mol. The first kappa shape index (κ1) is 38.9. The molecule has 0 bridgehead atoms. The Labute approximate surface area is 251 Å². The maximum Gasteiger partial charge on any atom is 0.508 e. The lowest BCUT2D eigenvalue weighted by atomic mass is 10.0. The van der Waals surface area contributed by atoms with E-state index in [9.17, 15) is 14.4 Å². The lowest BCUT2D eigenvalue weighted by Crippen LogP contribution is -2.37. The fourth-order valence-corrected chi connectivity index (χ4v) is 4.39. The summed E-state index contributed by atoms with van der Waals surface area (Å²) in [5.74, 6) is 3.30. The molecule has 0 saturated heterocycles. The summed E-state index contributed by atoms with van der Waals surface area (Å²) >= 11 is 0. The number of unbranched alkanes of at least 4 members (excludes halogenated alkanes) is 10. The molecule has 0 N–H and O–H groups in total. The molecule has 1 rings (SSSR count). The van der Waals surface area contributed by atoms with Crippen LogP contribution in [0.2, 0.25) is 0 Å². The molecule has 7 heteroatoms. The minimum Gasteiger partial charge on any atom is -0.462 e. The number of carbonyl (C=O) groups excluding carboxylic acids is 3. The molecule has 0 aromatic heterocycles. The van der Waals surface area contributed by atoms with Crippen molar-refractivity contribution in [3.8, 4) is 12.3 Å². The molecule has 0 radical (unpaired) electrons. The van der Waals surface area contributed by atoms with Crippen LogP contribution in [0.25, 0.3) is 0 Å². The molecule has 0 aromatic carbocycles. The maximum atomic E-state index is 11.9. The number of hydrogen-bond donors (Lipinski definition) is 0. The van der Waals surface area contributed by atoms with Gasteiger partial charge in [-0.25, -0.2) is 4.79 Å². The quantitative estimate of drug-likeness (QED) is 0.0640. The Morgan fingerprint density at radius 1 is 0.805 bits per heavy atom. The van der Waals surface area contributed by atoms with Gasteiger partial charge in [0, 0.05) is 25.9 Å². The van der Waals surface area contributed by atoms with Crippen molar-refractivity contribution in [1.82, 2.24) is 0 Å². The molecule has 7 nitrogen and oxygen atoms in total. The zero-order valence-electron chi connectivity index (χ0n) is 26.9. The first-order valence-electron chi connectivity index (χ1n) is 16.4. The van der Waals surface area contributed by atoms with Crippen LogP contribution in [-0.4, -0.2) is 49.9 Å². The zero-order chi connectivity index (χ0) is 30.8. The van der Waals surface area contributed by atoms with Crippen LogP contribution in [0.15, 0.2) is 0 Å². The normalized spacial score (nSPS) is 14.5. The molecule has 0 spiro atoms. The Morgan fingerprint density at radius 3 is 1.85 bits per heavy atom. The van der Waals surface area contributed by atoms with Crippen molar-refractivity contribution >= 4 is 17.9 Å². The molecular formula is C34H60O7. The number of ketones is 1. The van der Waals surface area contributed by atoms with Crippen molar-refractivity contribution in [2.75, 3.05) is 20.3 Å². The highest BCUT2D eigenvalue weighted by molar-refractivity contribution is 5.83. The summed E-state index contributed by atoms with van der Waals surface area (Å²) in [6.45, 7) is 8.17. The van der Waals surface area contributed by atoms with E-state index in [-0.39, 0.29) is 19.2 Å². The summed E-state index contributed by atoms with van der Waals surface area (Å²) in [5.41, 5.74) is -0.945. The fourth-order valence-electron chi connectivity index (χ4n) is 4.39. The molecule has 0 heterocycles. The van der Waals surface area contributed by atoms with E-state index in [1.807, 2.05) is 13.8 Å². The van der Waals surface area contributed by atoms with E-state index >= 15 is 0 Å². The molecule has 238 valence electrons. The molecule has 0 aliphatic heterocycles. The summed E-state index contributed by atoms with van der Waals surface area (Å²) in [5, 5.41) is 0. The summed E-state index contributed by atoms with van der Waals surface area (Å²) < 4.78 is 20.9. The lowest BCUT2D eigenvalue weighted by Gasteiger charge is -2.26. The van der Waals surface area contributed by atoms with Crippen LogP contribution in [0.3, 0.4) is 0 Å². The van der Waals surface area contributed by atoms with Crippen LogP contribution in [-0.2, 0) is 28.5 Å². The van der Waals surface area contributed by atoms with Crippen LogP contribution >= 0.6 is 0 Å². The Hall–Kier alpha value is -2.07. The molecule has 2 unspecified atom stereocenters. The third kappa shape index (κ3) is 21.3. The van der Waals surface area contributed by atoms with Gasteiger partial charge >= 0.3 is 12.1 Å². The first-order chi connectivity index (χ1) is 19.8. The second-order valence-electron chi connectivity index (χ2n) is 11.2. The monoisotopic (exact) mass is 580 g/mol. The van der Waals surface area contributed by atoms with Gasteiger partial charge in [0.2, 0.25) is 0 Å². The summed E-state index contributed by atoms with van der Waals surface area (Å²) in [7, 11) is 1.49. The van der Waals surface area contributed by atoms with Gasteiger partial charge < -0.3 is 18.9 Å². The van der Waals surface area contributed by atoms with Crippen LogP contribution in [0.4, 0.5) is 4.79 Å². The molecule has 0 amide bonds. The van der Waals surface area contributed by atoms with E-state index in [4.69, 9.17) is 25.4 Å². The predicted molar refractivity (Wildman–Crippen MR) is 165 cm³/mol. The number of esters is 1. The number of hydrogen-bond acceptors (Lipinski definition) is 7. The topological polar surface area (TPSA) is 88.1 Å². The summed E-state index contributed by atoms with van der Waals surface area (Å²) in [4.78, 5) is 35.0. The van der Waals surface area contributed by atoms with Crippen molar-refractivity contribution in [3.63, 3.8) is 0 Å². The van der Waals surface area contributed by atoms with Gasteiger partial charge in [-0.15, -0.1) is 6.42 Å². The summed E-state index contributed by atoms with van der Waals surface area (Å²) in [6, 6.07) is 0. The van der Waals surface area contributed by atoms with Crippen molar-refractivity contribution in [2.45, 2.75) is 161 Å². The standard InChI is InChI=1S/C22H38O6.C12H22O/c1-6-10-11-12-13-14-15-20(23)26-17-19(8-3)28-21(24)27-18-22(9-4,25-5)16-7-2;1-2-3-4-5-6-7-8-12(13)11-9-10-11/h4,19H,6-8,10-18H2,1-3,5H3;11H,2-10H2,1H3. The van der Waals surface area contributed by atoms with E-state index in [1.54, 1.807) is 0 Å². The molecule has 41 heavy (non-hydrogen) atoms. The molecule has 1 aliphatic carbocycles. The van der Waals surface area contributed by atoms with Gasteiger partial charge in [0.05, 0.1) is 0 Å². The number of methoxy groups -OCH3 is 1. The smallest absolute Gasteiger partial charge is 0.462 e. The van der Waals surface area contributed by atoms with Crippen LogP contribution in [0.5, 0.6) is 0 Å². The van der Waals surface area contributed by atoms with Crippen molar-refractivity contribution in [3.05, 3.63) is 0 Å². The number of ether oxygens (including phenoxy) is 4. The molecule has 1 saturated carbocycles. The van der Waals surface area contributed by atoms with E-state index in [2.05, 4.69) is 19.8 Å². The van der Waals surface area contributed by atoms with Gasteiger partial charge in [-0.1, -0.05) is 104 Å². The highest BCUT2D eigenvalue weighted by atomic mass is 16.7. The molecule has 1 fully saturated rings. The average Bonchev–Trinajstić information content (AvgIpc) is 3.83. The number of terminal acetylenes is 1. The fraction of sp³-hybridized carbons (Fsp3) is 0.853. The average molecular weight is 581 g/mol. The predicted octanol–water partition coefficient (Wildman–Crippen LogP) is 8.75. The lowest BCUT2D eigenvalue weighted by molar-refractivity contribution is -0.147. The van der Waals surface area contributed by atoms with Crippen molar-refractivity contribution < 1.29 is 33.3 Å². The van der Waals surface area contributed by atoms with Gasteiger partial charge in [-0.2, -0.15) is 0 Å². The van der Waals surface area contributed by atoms with Crippen LogP contribution in [0.1, 0.15) is 150 Å². The Bertz CT molecular complexity index is 725. The highest BCUT2D eigenvalue weighted by Crippen LogP contribution is 2.31. The van der Waals surface area contributed by atoms with E-state index in [0.717, 1.165) is 38.5 Å². The number of carbonyl (C=O) groups is 3. The van der Waals surface area contributed by atoms with Gasteiger partial charge in [-0.05, 0) is 38.5 Å². The Balaban J connectivity index is 0.00000102. The maximum absolute atomic E-state index is 11.9. The Kier molecular flexibility index (Phi) is 24.3. The zero-order valence-corrected chi connectivity index (χ0v) is 26.9. The molecule has 0 aromatic rings. The Morgan fingerprint density at radius 2 is 1.37 bits per heavy atom. The van der Waals surface area contributed by atoms with Gasteiger partial charge in [0.1, 0.15) is 25.1 Å². The minimum atomic E-state index is -0.945. The summed E-state index contributed by atoms with van der Waals surface area (Å²) in [6.07, 6.45) is 24.0. The van der Waals surface area contributed by atoms with Gasteiger partial charge in [0.25, 0.3) is 0 Å². The largest absolute Gasteiger partial charge is 0.508 e. The minimum absolute atomic E-state index is 0.0276. The SMILES string of the molecule is C#CC(CCC)(COC(=O)OC(CC)COC(=O)CCCCCCCC)OC.CCCCCCCCC(=O)C1CC1. The molecule has 1 aliphatic rings. The van der Waals surface area contributed by atoms with E-state index < -0.39 is 17.9 Å². The second kappa shape index (κ2) is 25.6. The van der Waals surface area contributed by atoms with Gasteiger partial charge in [0.15, 0.2) is 5.60 Å². The van der Waals surface area contributed by atoms with Crippen LogP contribution < -0.4 is 0 Å². The van der Waals surface area contributed by atoms with Crippen LogP contribution in [0, 0.1) is 18.3 Å². The van der Waals surface area contributed by atoms with E-state index in [1.165, 1.54) is 71.3 Å². The first-order valence-corrected chi connectivity index (χ1v) is 16.4. The highest BCUT2D eigenvalue weighted by Gasteiger charge is 2.29. The van der Waals surface area contributed by atoms with Crippen molar-refractivity contribution in [1.29, 1.82) is 0 Å². The molecule has 2 atom stereocenters. The second-order valence-corrected chi connectivity index (χ2v) is 11.2. The number of rotatable bonds is 24. The third-order valence-corrected chi connectivity index (χ3v) is 7.42. The third-order valence-electron chi connectivity index (χ3n) is 7.42. The van der Waals surface area contributed by atoms with Gasteiger partial charge in [-0.3, -0.25) is 9.59 Å². The number of Topliss-reactive ketones (excluding diaryl/α,β-unsaturated/α-hetero) is 1. The van der Waals surface area contributed by atoms with E-state index in [0.29, 0.717) is 31.0 Å². The van der Waals surface area contributed by atoms with Crippen molar-refractivity contribution in [2.24, 2.45) is 5.92 Å².